The van der Waals surface area contributed by atoms with Crippen molar-refractivity contribution in [2.75, 3.05) is 5.32 Å². The minimum Gasteiger partial charge on any atom is -0.324 e. The molecule has 3 aromatic carbocycles. The third-order valence-corrected chi connectivity index (χ3v) is 4.81. The number of rotatable bonds is 4. The lowest BCUT2D eigenvalue weighted by atomic mass is 10.1. The van der Waals surface area contributed by atoms with Crippen LogP contribution < -0.4 is 5.32 Å². The summed E-state index contributed by atoms with van der Waals surface area (Å²) in [5, 5.41) is 3.09. The van der Waals surface area contributed by atoms with Gasteiger partial charge in [0.05, 0.1) is 0 Å². The van der Waals surface area contributed by atoms with E-state index in [1.54, 1.807) is 0 Å². The number of hydrogen-bond donors (Lipinski definition) is 1. The molecule has 0 saturated heterocycles. The molecule has 1 amide bonds. The molecule has 4 rings (SSSR count). The summed E-state index contributed by atoms with van der Waals surface area (Å²) >= 11 is 0. The first-order valence-corrected chi connectivity index (χ1v) is 9.19. The van der Waals surface area contributed by atoms with Crippen molar-refractivity contribution < 1.29 is 4.79 Å². The van der Waals surface area contributed by atoms with Gasteiger partial charge in [0.1, 0.15) is 6.04 Å². The molecule has 1 atom stereocenters. The number of para-hydroxylation sites is 1. The van der Waals surface area contributed by atoms with Gasteiger partial charge < -0.3 is 5.32 Å². The number of carbonyl (C=O) groups excluding carboxylic acids is 1. The van der Waals surface area contributed by atoms with Crippen molar-refractivity contribution in [3.63, 3.8) is 0 Å². The summed E-state index contributed by atoms with van der Waals surface area (Å²) in [6.07, 6.45) is 4.03. The van der Waals surface area contributed by atoms with Crippen LogP contribution in [0, 0.1) is 0 Å². The monoisotopic (exact) mass is 354 g/mol. The highest BCUT2D eigenvalue weighted by molar-refractivity contribution is 5.98. The number of hydrogen-bond acceptors (Lipinski definition) is 2. The lowest BCUT2D eigenvalue weighted by molar-refractivity contribution is -0.119. The number of carbonyl (C=O) groups is 1. The van der Waals surface area contributed by atoms with Crippen molar-refractivity contribution >= 4 is 17.7 Å². The highest BCUT2D eigenvalue weighted by atomic mass is 16.2. The SMILES string of the molecule is O=C1Nc2ccccc2CN(Cc2ccccc2)C1C=Cc1ccccc1. The van der Waals surface area contributed by atoms with Crippen molar-refractivity contribution in [1.82, 2.24) is 4.90 Å². The number of nitrogens with one attached hydrogen (secondary N) is 1. The number of fused-ring (bicyclic) bond motifs is 1. The minimum atomic E-state index is -0.335. The molecular formula is C24H22N2O. The Bertz CT molecular complexity index is 935. The van der Waals surface area contributed by atoms with Gasteiger partial charge in [-0.3, -0.25) is 9.69 Å². The van der Waals surface area contributed by atoms with Crippen LogP contribution in [0.1, 0.15) is 16.7 Å². The fourth-order valence-electron chi connectivity index (χ4n) is 3.42. The van der Waals surface area contributed by atoms with Gasteiger partial charge in [-0.15, -0.1) is 0 Å². The maximum absolute atomic E-state index is 13.0. The van der Waals surface area contributed by atoms with Gasteiger partial charge in [-0.2, -0.15) is 0 Å². The van der Waals surface area contributed by atoms with Gasteiger partial charge in [-0.1, -0.05) is 91.0 Å². The van der Waals surface area contributed by atoms with E-state index in [-0.39, 0.29) is 11.9 Å². The molecule has 0 bridgehead atoms. The Morgan fingerprint density at radius 1 is 0.889 bits per heavy atom. The zero-order valence-corrected chi connectivity index (χ0v) is 15.1. The number of benzene rings is 3. The summed E-state index contributed by atoms with van der Waals surface area (Å²) in [6, 6.07) is 28.1. The lowest BCUT2D eigenvalue weighted by Gasteiger charge is -2.26. The highest BCUT2D eigenvalue weighted by Crippen LogP contribution is 2.25. The Labute approximate surface area is 160 Å². The second-order valence-electron chi connectivity index (χ2n) is 6.75. The van der Waals surface area contributed by atoms with E-state index in [0.29, 0.717) is 13.1 Å². The topological polar surface area (TPSA) is 32.3 Å². The van der Waals surface area contributed by atoms with Gasteiger partial charge in [0.2, 0.25) is 5.91 Å². The molecule has 1 heterocycles. The zero-order valence-electron chi connectivity index (χ0n) is 15.1. The quantitative estimate of drug-likeness (QED) is 0.735. The maximum atomic E-state index is 13.0. The van der Waals surface area contributed by atoms with Crippen LogP contribution in [-0.2, 0) is 17.9 Å². The molecule has 1 aliphatic heterocycles. The molecular weight excluding hydrogens is 332 g/mol. The normalized spacial score (nSPS) is 17.3. The minimum absolute atomic E-state index is 0.00284. The van der Waals surface area contributed by atoms with Gasteiger partial charge in [0, 0.05) is 18.8 Å². The van der Waals surface area contributed by atoms with Crippen LogP contribution in [0.4, 0.5) is 5.69 Å². The lowest BCUT2D eigenvalue weighted by Crippen LogP contribution is -2.39. The van der Waals surface area contributed by atoms with E-state index in [2.05, 4.69) is 28.4 Å². The van der Waals surface area contributed by atoms with E-state index in [4.69, 9.17) is 0 Å². The van der Waals surface area contributed by atoms with Crippen molar-refractivity contribution in [2.24, 2.45) is 0 Å². The molecule has 0 saturated carbocycles. The van der Waals surface area contributed by atoms with Crippen molar-refractivity contribution in [3.8, 4) is 0 Å². The van der Waals surface area contributed by atoms with E-state index < -0.39 is 0 Å². The van der Waals surface area contributed by atoms with E-state index in [1.807, 2.05) is 78.9 Å². The third kappa shape index (κ3) is 4.15. The van der Waals surface area contributed by atoms with Crippen LogP contribution in [0.2, 0.25) is 0 Å². The molecule has 1 N–H and O–H groups in total. The summed E-state index contributed by atoms with van der Waals surface area (Å²) in [7, 11) is 0. The Balaban J connectivity index is 1.67. The molecule has 0 aromatic heterocycles. The Morgan fingerprint density at radius 2 is 1.56 bits per heavy atom. The summed E-state index contributed by atoms with van der Waals surface area (Å²) in [5.74, 6) is 0.00284. The second-order valence-corrected chi connectivity index (χ2v) is 6.75. The summed E-state index contributed by atoms with van der Waals surface area (Å²) in [6.45, 7) is 1.43. The van der Waals surface area contributed by atoms with Gasteiger partial charge in [0.15, 0.2) is 0 Å². The predicted molar refractivity (Wildman–Crippen MR) is 110 cm³/mol. The molecule has 27 heavy (non-hydrogen) atoms. The molecule has 3 nitrogen and oxygen atoms in total. The fourth-order valence-corrected chi connectivity index (χ4v) is 3.42. The largest absolute Gasteiger partial charge is 0.324 e. The molecule has 3 heteroatoms. The molecule has 0 aliphatic carbocycles. The number of anilines is 1. The first kappa shape index (κ1) is 17.3. The van der Waals surface area contributed by atoms with Gasteiger partial charge in [0.25, 0.3) is 0 Å². The average molecular weight is 354 g/mol. The molecule has 1 aliphatic rings. The molecule has 0 radical (unpaired) electrons. The smallest absolute Gasteiger partial charge is 0.245 e. The van der Waals surface area contributed by atoms with Crippen molar-refractivity contribution in [3.05, 3.63) is 108 Å². The standard InChI is InChI=1S/C24H22N2O/c27-24-23(16-15-19-9-3-1-4-10-19)26(17-20-11-5-2-6-12-20)18-21-13-7-8-14-22(21)25-24/h1-16,23H,17-18H2,(H,25,27). The van der Waals surface area contributed by atoms with Gasteiger partial charge in [-0.25, -0.2) is 0 Å². The third-order valence-electron chi connectivity index (χ3n) is 4.81. The van der Waals surface area contributed by atoms with Crippen LogP contribution in [-0.4, -0.2) is 16.8 Å². The summed E-state index contributed by atoms with van der Waals surface area (Å²) < 4.78 is 0. The average Bonchev–Trinajstić information content (AvgIpc) is 2.83. The van der Waals surface area contributed by atoms with Crippen LogP contribution in [0.3, 0.4) is 0 Å². The predicted octanol–water partition coefficient (Wildman–Crippen LogP) is 4.72. The van der Waals surface area contributed by atoms with Crippen LogP contribution in [0.15, 0.2) is 91.0 Å². The molecule has 0 spiro atoms. The van der Waals surface area contributed by atoms with Crippen molar-refractivity contribution in [2.45, 2.75) is 19.1 Å². The Morgan fingerprint density at radius 3 is 2.33 bits per heavy atom. The van der Waals surface area contributed by atoms with Crippen LogP contribution in [0.25, 0.3) is 6.08 Å². The summed E-state index contributed by atoms with van der Waals surface area (Å²) in [5.41, 5.74) is 4.32. The fraction of sp³-hybridized carbons (Fsp3) is 0.125. The van der Waals surface area contributed by atoms with E-state index >= 15 is 0 Å². The highest BCUT2D eigenvalue weighted by Gasteiger charge is 2.28. The molecule has 3 aromatic rings. The maximum Gasteiger partial charge on any atom is 0.245 e. The van der Waals surface area contributed by atoms with Gasteiger partial charge in [-0.05, 0) is 22.8 Å². The Kier molecular flexibility index (Phi) is 5.13. The summed E-state index contributed by atoms with van der Waals surface area (Å²) in [4.78, 5) is 15.2. The second kappa shape index (κ2) is 8.02. The molecule has 134 valence electrons. The zero-order chi connectivity index (χ0) is 18.5. The van der Waals surface area contributed by atoms with Crippen molar-refractivity contribution in [1.29, 1.82) is 0 Å². The number of amides is 1. The van der Waals surface area contributed by atoms with E-state index in [1.165, 1.54) is 5.56 Å². The number of nitrogens with zero attached hydrogens (tertiary/aromatic N) is 1. The van der Waals surface area contributed by atoms with Crippen LogP contribution >= 0.6 is 0 Å². The van der Waals surface area contributed by atoms with Gasteiger partial charge >= 0.3 is 0 Å². The molecule has 0 fully saturated rings. The Hall–Kier alpha value is -3.17. The first-order chi connectivity index (χ1) is 13.3. The van der Waals surface area contributed by atoms with E-state index in [0.717, 1.165) is 16.8 Å². The molecule has 1 unspecified atom stereocenters. The first-order valence-electron chi connectivity index (χ1n) is 9.19. The van der Waals surface area contributed by atoms with Crippen LogP contribution in [0.5, 0.6) is 0 Å². The van der Waals surface area contributed by atoms with E-state index in [9.17, 15) is 4.79 Å².